The Kier molecular flexibility index (Phi) is 4.78. The first-order valence-electron chi connectivity index (χ1n) is 11.4. The van der Waals surface area contributed by atoms with E-state index in [1.807, 2.05) is 48.7 Å². The molecule has 0 saturated heterocycles. The number of aromatic amines is 1. The molecule has 1 aliphatic rings. The molecule has 5 nitrogen and oxygen atoms in total. The average Bonchev–Trinajstić information content (AvgIpc) is 3.29. The van der Waals surface area contributed by atoms with Crippen molar-refractivity contribution in [1.82, 2.24) is 4.98 Å². The van der Waals surface area contributed by atoms with E-state index in [9.17, 15) is 19.8 Å². The van der Waals surface area contributed by atoms with Gasteiger partial charge in [-0.2, -0.15) is 0 Å². The fourth-order valence-corrected chi connectivity index (χ4v) is 5.15. The zero-order chi connectivity index (χ0) is 24.1. The number of aromatic nitrogens is 1. The number of carbonyl (C=O) groups is 2. The molecule has 170 valence electrons. The highest BCUT2D eigenvalue weighted by atomic mass is 16.3. The van der Waals surface area contributed by atoms with E-state index in [0.717, 1.165) is 27.6 Å². The molecule has 0 unspecified atom stereocenters. The number of phenols is 2. The van der Waals surface area contributed by atoms with Crippen LogP contribution in [0.25, 0.3) is 22.0 Å². The smallest absolute Gasteiger partial charge is 0.201 e. The maximum absolute atomic E-state index is 13.6. The summed E-state index contributed by atoms with van der Waals surface area (Å²) in [5.41, 5.74) is 5.15. The average molecular weight is 460 g/mol. The molecule has 6 rings (SSSR count). The SMILES string of the molecule is O=C1c2c(O)cccc2C(C(=O)Cc2ccc(-c3c[nH]c4ccccc34)cc2)c2cccc(O)c21. The Hall–Kier alpha value is -4.64. The van der Waals surface area contributed by atoms with Gasteiger partial charge in [0.15, 0.2) is 0 Å². The number of ketones is 2. The van der Waals surface area contributed by atoms with Gasteiger partial charge in [0.2, 0.25) is 5.78 Å². The molecule has 5 aromatic rings. The third kappa shape index (κ3) is 3.32. The summed E-state index contributed by atoms with van der Waals surface area (Å²) in [5, 5.41) is 22.0. The summed E-state index contributed by atoms with van der Waals surface area (Å²) in [6, 6.07) is 25.5. The summed E-state index contributed by atoms with van der Waals surface area (Å²) in [6.07, 6.45) is 2.13. The molecule has 1 aliphatic carbocycles. The van der Waals surface area contributed by atoms with Crippen molar-refractivity contribution in [2.24, 2.45) is 0 Å². The van der Waals surface area contributed by atoms with Gasteiger partial charge in [-0.05, 0) is 40.5 Å². The fourth-order valence-electron chi connectivity index (χ4n) is 5.15. The lowest BCUT2D eigenvalue weighted by Crippen LogP contribution is -2.26. The number of carbonyl (C=O) groups excluding carboxylic acids is 2. The van der Waals surface area contributed by atoms with Gasteiger partial charge in [-0.3, -0.25) is 9.59 Å². The van der Waals surface area contributed by atoms with Crippen LogP contribution in [0.1, 0.15) is 38.5 Å². The minimum atomic E-state index is -0.759. The normalized spacial score (nSPS) is 13.0. The number of phenolic OH excluding ortho intramolecular Hbond substituents is 2. The van der Waals surface area contributed by atoms with Gasteiger partial charge in [0, 0.05) is 29.1 Å². The zero-order valence-electron chi connectivity index (χ0n) is 18.7. The van der Waals surface area contributed by atoms with Gasteiger partial charge in [0.25, 0.3) is 0 Å². The van der Waals surface area contributed by atoms with Gasteiger partial charge in [-0.15, -0.1) is 0 Å². The van der Waals surface area contributed by atoms with Gasteiger partial charge >= 0.3 is 0 Å². The number of Topliss-reactive ketones (excluding diaryl/α,β-unsaturated/α-hetero) is 1. The van der Waals surface area contributed by atoms with Crippen molar-refractivity contribution in [2.75, 3.05) is 0 Å². The van der Waals surface area contributed by atoms with Crippen LogP contribution in [0.3, 0.4) is 0 Å². The van der Waals surface area contributed by atoms with E-state index < -0.39 is 11.7 Å². The van der Waals surface area contributed by atoms with Crippen molar-refractivity contribution >= 4 is 22.5 Å². The van der Waals surface area contributed by atoms with E-state index >= 15 is 0 Å². The number of fused-ring (bicyclic) bond motifs is 3. The van der Waals surface area contributed by atoms with Crippen LogP contribution in [0.5, 0.6) is 11.5 Å². The molecule has 1 aromatic heterocycles. The highest BCUT2D eigenvalue weighted by Crippen LogP contribution is 2.43. The van der Waals surface area contributed by atoms with E-state index in [1.165, 1.54) is 12.1 Å². The molecule has 4 aromatic carbocycles. The lowest BCUT2D eigenvalue weighted by atomic mass is 9.74. The minimum Gasteiger partial charge on any atom is -0.507 e. The van der Waals surface area contributed by atoms with Crippen molar-refractivity contribution in [1.29, 1.82) is 0 Å². The highest BCUT2D eigenvalue weighted by molar-refractivity contribution is 6.18. The zero-order valence-corrected chi connectivity index (χ0v) is 18.7. The number of hydrogen-bond donors (Lipinski definition) is 3. The van der Waals surface area contributed by atoms with Gasteiger partial charge in [0.05, 0.1) is 17.0 Å². The Bertz CT molecular complexity index is 1570. The molecule has 0 atom stereocenters. The summed E-state index contributed by atoms with van der Waals surface area (Å²) < 4.78 is 0. The molecule has 3 N–H and O–H groups in total. The minimum absolute atomic E-state index is 0.0783. The van der Waals surface area contributed by atoms with Crippen LogP contribution in [-0.2, 0) is 11.2 Å². The standard InChI is InChI=1S/C30H21NO4/c32-24-9-3-6-20-27(21-7-4-10-25(33)29(21)30(35)28(20)24)26(34)15-17-11-13-18(14-12-17)22-16-31-23-8-2-1-5-19(22)23/h1-14,16,27,31-33H,15H2. The molecule has 0 radical (unpaired) electrons. The largest absolute Gasteiger partial charge is 0.507 e. The number of H-pyrrole nitrogens is 1. The maximum Gasteiger partial charge on any atom is 0.201 e. The monoisotopic (exact) mass is 459 g/mol. The molecule has 35 heavy (non-hydrogen) atoms. The van der Waals surface area contributed by atoms with Gasteiger partial charge in [-0.25, -0.2) is 0 Å². The second-order valence-electron chi connectivity index (χ2n) is 8.83. The molecule has 0 fully saturated rings. The molecule has 0 bridgehead atoms. The van der Waals surface area contributed by atoms with Crippen molar-refractivity contribution in [3.8, 4) is 22.6 Å². The number of hydrogen-bond acceptors (Lipinski definition) is 4. The Morgan fingerprint density at radius 1 is 0.771 bits per heavy atom. The second-order valence-corrected chi connectivity index (χ2v) is 8.83. The summed E-state index contributed by atoms with van der Waals surface area (Å²) in [6.45, 7) is 0. The number of para-hydroxylation sites is 1. The fraction of sp³-hybridized carbons (Fsp3) is 0.0667. The Morgan fingerprint density at radius 3 is 2.06 bits per heavy atom. The Morgan fingerprint density at radius 2 is 1.40 bits per heavy atom. The van der Waals surface area contributed by atoms with E-state index in [1.54, 1.807) is 24.3 Å². The highest BCUT2D eigenvalue weighted by Gasteiger charge is 2.38. The summed E-state index contributed by atoms with van der Waals surface area (Å²) in [4.78, 5) is 30.0. The van der Waals surface area contributed by atoms with E-state index in [2.05, 4.69) is 11.1 Å². The molecule has 0 amide bonds. The van der Waals surface area contributed by atoms with Crippen LogP contribution < -0.4 is 0 Å². The molecular weight excluding hydrogens is 438 g/mol. The van der Waals surface area contributed by atoms with Gasteiger partial charge in [-0.1, -0.05) is 66.7 Å². The lowest BCUT2D eigenvalue weighted by molar-refractivity contribution is -0.119. The predicted octanol–water partition coefficient (Wildman–Crippen LogP) is 5.73. The van der Waals surface area contributed by atoms with E-state index in [0.29, 0.717) is 11.1 Å². The van der Waals surface area contributed by atoms with Gasteiger partial charge < -0.3 is 15.2 Å². The molecule has 0 aliphatic heterocycles. The maximum atomic E-state index is 13.6. The second kappa shape index (κ2) is 7.99. The predicted molar refractivity (Wildman–Crippen MR) is 134 cm³/mol. The molecule has 5 heteroatoms. The number of benzene rings is 4. The van der Waals surface area contributed by atoms with Crippen molar-refractivity contribution in [2.45, 2.75) is 12.3 Å². The Labute approximate surface area is 201 Å². The number of aromatic hydroxyl groups is 2. The van der Waals surface area contributed by atoms with Gasteiger partial charge in [0.1, 0.15) is 17.3 Å². The third-order valence-electron chi connectivity index (χ3n) is 6.78. The quantitative estimate of drug-likeness (QED) is 0.320. The van der Waals surface area contributed by atoms with E-state index in [-0.39, 0.29) is 34.8 Å². The first-order valence-corrected chi connectivity index (χ1v) is 11.4. The topological polar surface area (TPSA) is 90.4 Å². The van der Waals surface area contributed by atoms with Crippen molar-refractivity contribution in [3.05, 3.63) is 119 Å². The number of rotatable bonds is 4. The molecular formula is C30H21NO4. The first kappa shape index (κ1) is 20.9. The summed E-state index contributed by atoms with van der Waals surface area (Å²) >= 11 is 0. The third-order valence-corrected chi connectivity index (χ3v) is 6.78. The van der Waals surface area contributed by atoms with Crippen molar-refractivity contribution in [3.63, 3.8) is 0 Å². The molecule has 0 spiro atoms. The Balaban J connectivity index is 1.35. The van der Waals surface area contributed by atoms with Crippen LogP contribution in [0.15, 0.2) is 91.1 Å². The molecule has 0 saturated carbocycles. The lowest BCUT2D eigenvalue weighted by Gasteiger charge is -2.27. The van der Waals surface area contributed by atoms with Crippen LogP contribution in [0.2, 0.25) is 0 Å². The summed E-state index contributed by atoms with van der Waals surface area (Å²) in [5.74, 6) is -1.73. The van der Waals surface area contributed by atoms with Crippen LogP contribution in [0, 0.1) is 0 Å². The molecule has 1 heterocycles. The first-order chi connectivity index (χ1) is 17.0. The van der Waals surface area contributed by atoms with Crippen LogP contribution in [-0.4, -0.2) is 26.8 Å². The summed E-state index contributed by atoms with van der Waals surface area (Å²) in [7, 11) is 0. The van der Waals surface area contributed by atoms with Crippen molar-refractivity contribution < 1.29 is 19.8 Å². The number of nitrogens with one attached hydrogen (secondary N) is 1. The van der Waals surface area contributed by atoms with Crippen LogP contribution >= 0.6 is 0 Å². The van der Waals surface area contributed by atoms with E-state index in [4.69, 9.17) is 0 Å². The van der Waals surface area contributed by atoms with Crippen LogP contribution in [0.4, 0.5) is 0 Å².